The molecule has 0 radical (unpaired) electrons. The molecule has 3 heteroatoms. The number of hydrogen-bond donors (Lipinski definition) is 0. The topological polar surface area (TPSA) is 12.5 Å². The largest absolute Gasteiger partial charge is 0.383 e. The summed E-state index contributed by atoms with van der Waals surface area (Å²) in [4.78, 5) is 2.39. The van der Waals surface area contributed by atoms with Crippen molar-refractivity contribution in [3.8, 4) is 0 Å². The Balaban J connectivity index is 1.84. The highest BCUT2D eigenvalue weighted by Gasteiger charge is 2.06. The van der Waals surface area contributed by atoms with Gasteiger partial charge < -0.3 is 4.74 Å². The van der Waals surface area contributed by atoms with E-state index in [1.807, 2.05) is 12.1 Å². The monoisotopic (exact) mass is 301 g/mol. The first-order valence-corrected chi connectivity index (χ1v) is 7.77. The van der Waals surface area contributed by atoms with Gasteiger partial charge in [-0.15, -0.1) is 0 Å². The summed E-state index contributed by atoms with van der Waals surface area (Å²) < 4.78 is 18.4. The molecule has 0 amide bonds. The number of halogens is 1. The Morgan fingerprint density at radius 1 is 0.955 bits per heavy atom. The molecule has 2 aromatic carbocycles. The second kappa shape index (κ2) is 9.34. The van der Waals surface area contributed by atoms with Crippen molar-refractivity contribution in [2.24, 2.45) is 0 Å². The number of ether oxygens (including phenoxy) is 1. The van der Waals surface area contributed by atoms with E-state index in [2.05, 4.69) is 29.2 Å². The lowest BCUT2D eigenvalue weighted by Crippen LogP contribution is -2.28. The molecule has 0 heterocycles. The molecule has 0 atom stereocenters. The molecule has 2 nitrogen and oxygen atoms in total. The fraction of sp³-hybridized carbons (Fsp3) is 0.368. The van der Waals surface area contributed by atoms with Crippen LogP contribution in [-0.2, 0) is 17.7 Å². The zero-order valence-electron chi connectivity index (χ0n) is 13.2. The Bertz CT molecular complexity index is 544. The second-order valence-electron chi connectivity index (χ2n) is 5.49. The molecule has 0 saturated carbocycles. The molecule has 2 rings (SSSR count). The SMILES string of the molecule is COCCN(CCCc1cccc(F)c1)Cc1ccccc1. The fourth-order valence-electron chi connectivity index (χ4n) is 2.53. The molecule has 0 N–H and O–H groups in total. The normalized spacial score (nSPS) is 11.0. The lowest BCUT2D eigenvalue weighted by molar-refractivity contribution is 0.143. The summed E-state index contributed by atoms with van der Waals surface area (Å²) in [6.07, 6.45) is 1.91. The van der Waals surface area contributed by atoms with Crippen LogP contribution in [0.25, 0.3) is 0 Å². The van der Waals surface area contributed by atoms with E-state index in [9.17, 15) is 4.39 Å². The van der Waals surface area contributed by atoms with Gasteiger partial charge in [-0.2, -0.15) is 0 Å². The van der Waals surface area contributed by atoms with Crippen molar-refractivity contribution in [2.75, 3.05) is 26.8 Å². The fourth-order valence-corrected chi connectivity index (χ4v) is 2.53. The van der Waals surface area contributed by atoms with Crippen LogP contribution < -0.4 is 0 Å². The Hall–Kier alpha value is -1.71. The van der Waals surface area contributed by atoms with Crippen LogP contribution in [0.2, 0.25) is 0 Å². The summed E-state index contributed by atoms with van der Waals surface area (Å²) in [6, 6.07) is 17.3. The summed E-state index contributed by atoms with van der Waals surface area (Å²) in [5.41, 5.74) is 2.37. The molecule has 0 spiro atoms. The molecule has 0 aliphatic rings. The predicted molar refractivity (Wildman–Crippen MR) is 88.3 cm³/mol. The third kappa shape index (κ3) is 5.96. The molecule has 0 bridgehead atoms. The van der Waals surface area contributed by atoms with Crippen LogP contribution >= 0.6 is 0 Å². The maximum Gasteiger partial charge on any atom is 0.123 e. The van der Waals surface area contributed by atoms with Crippen molar-refractivity contribution in [3.63, 3.8) is 0 Å². The van der Waals surface area contributed by atoms with Crippen LogP contribution in [0.15, 0.2) is 54.6 Å². The standard InChI is InChI=1S/C19H24FNO/c1-22-14-13-21(16-18-7-3-2-4-8-18)12-6-10-17-9-5-11-19(20)15-17/h2-5,7-9,11,15H,6,10,12-14,16H2,1H3. The number of rotatable bonds is 9. The van der Waals surface area contributed by atoms with Gasteiger partial charge in [-0.1, -0.05) is 42.5 Å². The van der Waals surface area contributed by atoms with Gasteiger partial charge in [-0.3, -0.25) is 4.90 Å². The van der Waals surface area contributed by atoms with Crippen LogP contribution in [0.1, 0.15) is 17.5 Å². The molecular formula is C19H24FNO. The third-order valence-corrected chi connectivity index (χ3v) is 3.69. The Labute approximate surface area is 132 Å². The quantitative estimate of drug-likeness (QED) is 0.696. The smallest absolute Gasteiger partial charge is 0.123 e. The summed E-state index contributed by atoms with van der Waals surface area (Å²) in [5.74, 6) is -0.155. The predicted octanol–water partition coefficient (Wildman–Crippen LogP) is 3.91. The number of hydrogen-bond acceptors (Lipinski definition) is 2. The highest BCUT2D eigenvalue weighted by atomic mass is 19.1. The lowest BCUT2D eigenvalue weighted by atomic mass is 10.1. The van der Waals surface area contributed by atoms with Gasteiger partial charge in [0.05, 0.1) is 6.61 Å². The Morgan fingerprint density at radius 2 is 1.73 bits per heavy atom. The average Bonchev–Trinajstić information content (AvgIpc) is 2.53. The molecule has 2 aromatic rings. The van der Waals surface area contributed by atoms with Crippen molar-refractivity contribution in [1.82, 2.24) is 4.90 Å². The van der Waals surface area contributed by atoms with Crippen molar-refractivity contribution in [3.05, 3.63) is 71.5 Å². The van der Waals surface area contributed by atoms with E-state index < -0.39 is 0 Å². The van der Waals surface area contributed by atoms with Gasteiger partial charge >= 0.3 is 0 Å². The van der Waals surface area contributed by atoms with Crippen molar-refractivity contribution in [1.29, 1.82) is 0 Å². The maximum atomic E-state index is 13.2. The zero-order valence-corrected chi connectivity index (χ0v) is 13.2. The molecule has 0 saturated heterocycles. The van der Waals surface area contributed by atoms with E-state index in [1.165, 1.54) is 11.6 Å². The molecule has 0 aromatic heterocycles. The molecule has 0 unspecified atom stereocenters. The second-order valence-corrected chi connectivity index (χ2v) is 5.49. The molecule has 22 heavy (non-hydrogen) atoms. The van der Waals surface area contributed by atoms with E-state index in [0.717, 1.165) is 44.6 Å². The minimum absolute atomic E-state index is 0.155. The number of aryl methyl sites for hydroxylation is 1. The zero-order chi connectivity index (χ0) is 15.6. The number of nitrogens with zero attached hydrogens (tertiary/aromatic N) is 1. The van der Waals surface area contributed by atoms with Crippen LogP contribution in [0.5, 0.6) is 0 Å². The minimum atomic E-state index is -0.155. The first-order chi connectivity index (χ1) is 10.8. The highest BCUT2D eigenvalue weighted by Crippen LogP contribution is 2.09. The van der Waals surface area contributed by atoms with E-state index in [4.69, 9.17) is 4.74 Å². The van der Waals surface area contributed by atoms with Gasteiger partial charge in [0.1, 0.15) is 5.82 Å². The van der Waals surface area contributed by atoms with Gasteiger partial charge in [-0.25, -0.2) is 4.39 Å². The average molecular weight is 301 g/mol. The van der Waals surface area contributed by atoms with Gasteiger partial charge in [-0.05, 0) is 42.6 Å². The summed E-state index contributed by atoms with van der Waals surface area (Å²) in [6.45, 7) is 3.55. The van der Waals surface area contributed by atoms with Crippen LogP contribution in [0.3, 0.4) is 0 Å². The molecule has 0 aliphatic carbocycles. The number of methoxy groups -OCH3 is 1. The van der Waals surface area contributed by atoms with E-state index in [-0.39, 0.29) is 5.82 Å². The van der Waals surface area contributed by atoms with Crippen molar-refractivity contribution >= 4 is 0 Å². The van der Waals surface area contributed by atoms with E-state index in [1.54, 1.807) is 19.2 Å². The lowest BCUT2D eigenvalue weighted by Gasteiger charge is -2.22. The third-order valence-electron chi connectivity index (χ3n) is 3.69. The first kappa shape index (κ1) is 16.7. The molecule has 0 aliphatic heterocycles. The highest BCUT2D eigenvalue weighted by molar-refractivity contribution is 5.16. The number of benzene rings is 2. The van der Waals surface area contributed by atoms with Gasteiger partial charge in [0, 0.05) is 20.2 Å². The van der Waals surface area contributed by atoms with Gasteiger partial charge in [0.2, 0.25) is 0 Å². The van der Waals surface area contributed by atoms with Crippen LogP contribution in [0, 0.1) is 5.82 Å². The van der Waals surface area contributed by atoms with Crippen molar-refractivity contribution in [2.45, 2.75) is 19.4 Å². The van der Waals surface area contributed by atoms with Crippen LogP contribution in [0.4, 0.5) is 4.39 Å². The molecular weight excluding hydrogens is 277 g/mol. The molecule has 0 fully saturated rings. The van der Waals surface area contributed by atoms with Crippen LogP contribution in [-0.4, -0.2) is 31.7 Å². The van der Waals surface area contributed by atoms with Gasteiger partial charge in [0.25, 0.3) is 0 Å². The molecule has 118 valence electrons. The van der Waals surface area contributed by atoms with E-state index >= 15 is 0 Å². The first-order valence-electron chi connectivity index (χ1n) is 7.77. The van der Waals surface area contributed by atoms with E-state index in [0.29, 0.717) is 0 Å². The summed E-state index contributed by atoms with van der Waals surface area (Å²) in [5, 5.41) is 0. The van der Waals surface area contributed by atoms with Crippen molar-refractivity contribution < 1.29 is 9.13 Å². The summed E-state index contributed by atoms with van der Waals surface area (Å²) in [7, 11) is 1.73. The summed E-state index contributed by atoms with van der Waals surface area (Å²) >= 11 is 0. The Morgan fingerprint density at radius 3 is 2.45 bits per heavy atom. The minimum Gasteiger partial charge on any atom is -0.383 e. The Kier molecular flexibility index (Phi) is 7.07. The maximum absolute atomic E-state index is 13.2. The van der Waals surface area contributed by atoms with Gasteiger partial charge in [0.15, 0.2) is 0 Å².